The maximum absolute atomic E-state index is 13.4. The minimum atomic E-state index is -4.64. The number of ether oxygens (including phenoxy) is 1. The molecular formula is C28H24F3NO4. The van der Waals surface area contributed by atoms with Crippen LogP contribution >= 0.6 is 0 Å². The van der Waals surface area contributed by atoms with Crippen LogP contribution in [0.25, 0.3) is 5.76 Å². The van der Waals surface area contributed by atoms with Crippen LogP contribution in [0, 0.1) is 6.92 Å². The zero-order valence-electron chi connectivity index (χ0n) is 19.8. The Morgan fingerprint density at radius 3 is 2.33 bits per heavy atom. The first-order valence-corrected chi connectivity index (χ1v) is 11.3. The van der Waals surface area contributed by atoms with Crippen molar-refractivity contribution in [1.29, 1.82) is 0 Å². The molecule has 1 aliphatic heterocycles. The lowest BCUT2D eigenvalue weighted by atomic mass is 9.92. The molecule has 0 radical (unpaired) electrons. The molecule has 8 heteroatoms. The van der Waals surface area contributed by atoms with E-state index in [1.54, 1.807) is 55.5 Å². The third kappa shape index (κ3) is 4.71. The Bertz CT molecular complexity index is 1360. The van der Waals surface area contributed by atoms with Crippen LogP contribution in [0.15, 0.2) is 78.4 Å². The summed E-state index contributed by atoms with van der Waals surface area (Å²) in [5, 5.41) is 11.3. The fraction of sp³-hybridized carbons (Fsp3) is 0.214. The smallest absolute Gasteiger partial charge is 0.416 e. The van der Waals surface area contributed by atoms with Gasteiger partial charge >= 0.3 is 6.18 Å². The number of hydrogen-bond acceptors (Lipinski definition) is 4. The third-order valence-electron chi connectivity index (χ3n) is 5.86. The van der Waals surface area contributed by atoms with Crippen molar-refractivity contribution in [2.24, 2.45) is 0 Å². The van der Waals surface area contributed by atoms with E-state index >= 15 is 0 Å². The number of hydrogen-bond donors (Lipinski definition) is 1. The molecule has 5 nitrogen and oxygen atoms in total. The summed E-state index contributed by atoms with van der Waals surface area (Å²) in [4.78, 5) is 27.5. The normalized spacial score (nSPS) is 17.6. The molecule has 3 aromatic rings. The Morgan fingerprint density at radius 2 is 1.67 bits per heavy atom. The third-order valence-corrected chi connectivity index (χ3v) is 5.86. The highest BCUT2D eigenvalue weighted by Gasteiger charge is 2.47. The first-order valence-electron chi connectivity index (χ1n) is 11.3. The van der Waals surface area contributed by atoms with Gasteiger partial charge in [0.1, 0.15) is 11.5 Å². The molecule has 1 fully saturated rings. The minimum Gasteiger partial charge on any atom is -0.507 e. The van der Waals surface area contributed by atoms with Crippen LogP contribution in [0.5, 0.6) is 5.75 Å². The maximum Gasteiger partial charge on any atom is 0.416 e. The van der Waals surface area contributed by atoms with Gasteiger partial charge in [0.15, 0.2) is 0 Å². The van der Waals surface area contributed by atoms with Gasteiger partial charge in [-0.15, -0.1) is 0 Å². The lowest BCUT2D eigenvalue weighted by molar-refractivity contribution is -0.137. The number of aliphatic hydroxyl groups excluding tert-OH is 1. The number of Topliss-reactive ketones (excluding diaryl/α,β-unsaturated/α-hetero) is 1. The second-order valence-electron chi connectivity index (χ2n) is 8.77. The Hall–Kier alpha value is -4.07. The van der Waals surface area contributed by atoms with Crippen LogP contribution in [-0.2, 0) is 15.8 Å². The summed E-state index contributed by atoms with van der Waals surface area (Å²) < 4.78 is 46.0. The quantitative estimate of drug-likeness (QED) is 0.252. The molecular weight excluding hydrogens is 471 g/mol. The molecule has 1 N–H and O–H groups in total. The van der Waals surface area contributed by atoms with Gasteiger partial charge in [-0.3, -0.25) is 14.5 Å². The van der Waals surface area contributed by atoms with Gasteiger partial charge < -0.3 is 9.84 Å². The number of amides is 1. The molecule has 4 rings (SSSR count). The SMILES string of the molecule is Cc1ccccc1C1/C(=C(\O)c2cccc(OC(C)C)c2)C(=O)C(=O)N1c1cccc(C(F)(F)F)c1. The summed E-state index contributed by atoms with van der Waals surface area (Å²) in [5.74, 6) is -2.01. The van der Waals surface area contributed by atoms with E-state index in [9.17, 15) is 27.9 Å². The predicted octanol–water partition coefficient (Wildman–Crippen LogP) is 6.43. The van der Waals surface area contributed by atoms with Crippen molar-refractivity contribution in [2.75, 3.05) is 4.90 Å². The van der Waals surface area contributed by atoms with Crippen molar-refractivity contribution in [1.82, 2.24) is 0 Å². The molecule has 0 spiro atoms. The number of carbonyl (C=O) groups excluding carboxylic acids is 2. The van der Waals surface area contributed by atoms with Gasteiger partial charge in [0.25, 0.3) is 11.7 Å². The predicted molar refractivity (Wildman–Crippen MR) is 130 cm³/mol. The van der Waals surface area contributed by atoms with Crippen LogP contribution in [0.3, 0.4) is 0 Å². The minimum absolute atomic E-state index is 0.101. The van der Waals surface area contributed by atoms with Gasteiger partial charge in [0.2, 0.25) is 0 Å². The van der Waals surface area contributed by atoms with E-state index in [0.29, 0.717) is 16.9 Å². The van der Waals surface area contributed by atoms with Gasteiger partial charge in [-0.2, -0.15) is 13.2 Å². The number of anilines is 1. The maximum atomic E-state index is 13.4. The van der Waals surface area contributed by atoms with E-state index in [1.807, 2.05) is 13.8 Å². The molecule has 186 valence electrons. The number of rotatable bonds is 5. The van der Waals surface area contributed by atoms with Crippen LogP contribution in [0.4, 0.5) is 18.9 Å². The number of halogens is 3. The van der Waals surface area contributed by atoms with E-state index < -0.39 is 35.2 Å². The van der Waals surface area contributed by atoms with Crippen molar-refractivity contribution in [3.63, 3.8) is 0 Å². The first-order chi connectivity index (χ1) is 17.0. The number of benzene rings is 3. The van der Waals surface area contributed by atoms with Gasteiger partial charge in [-0.25, -0.2) is 0 Å². The molecule has 3 aromatic carbocycles. The second-order valence-corrected chi connectivity index (χ2v) is 8.77. The first kappa shape index (κ1) is 25.0. The van der Waals surface area contributed by atoms with E-state index in [1.165, 1.54) is 12.1 Å². The standard InChI is InChI=1S/C28H24F3NO4/c1-16(2)36-21-12-6-9-18(14-21)25(33)23-24(22-13-5-4-8-17(22)3)32(27(35)26(23)34)20-11-7-10-19(15-20)28(29,30)31/h4-16,24,33H,1-3H3/b25-23+. The van der Waals surface area contributed by atoms with E-state index in [-0.39, 0.29) is 22.9 Å². The molecule has 0 saturated carbocycles. The van der Waals surface area contributed by atoms with Crippen LogP contribution in [0.2, 0.25) is 0 Å². The number of alkyl halides is 3. The number of aliphatic hydroxyl groups is 1. The summed E-state index contributed by atoms with van der Waals surface area (Å²) in [7, 11) is 0. The lowest BCUT2D eigenvalue weighted by Crippen LogP contribution is -2.30. The van der Waals surface area contributed by atoms with Crippen molar-refractivity contribution in [3.05, 3.63) is 101 Å². The molecule has 1 heterocycles. The van der Waals surface area contributed by atoms with Crippen molar-refractivity contribution >= 4 is 23.1 Å². The van der Waals surface area contributed by atoms with Crippen molar-refractivity contribution in [2.45, 2.75) is 39.1 Å². The topological polar surface area (TPSA) is 66.8 Å². The highest BCUT2D eigenvalue weighted by atomic mass is 19.4. The summed E-state index contributed by atoms with van der Waals surface area (Å²) in [6, 6.07) is 16.4. The zero-order valence-corrected chi connectivity index (χ0v) is 19.8. The van der Waals surface area contributed by atoms with Crippen molar-refractivity contribution in [3.8, 4) is 5.75 Å². The zero-order chi connectivity index (χ0) is 26.2. The molecule has 1 saturated heterocycles. The number of ketones is 1. The monoisotopic (exact) mass is 495 g/mol. The Morgan fingerprint density at radius 1 is 0.972 bits per heavy atom. The van der Waals surface area contributed by atoms with Crippen LogP contribution in [0.1, 0.15) is 42.1 Å². The molecule has 0 aliphatic carbocycles. The van der Waals surface area contributed by atoms with Crippen molar-refractivity contribution < 1.29 is 32.6 Å². The molecule has 0 aromatic heterocycles. The van der Waals surface area contributed by atoms with Crippen LogP contribution in [-0.4, -0.2) is 22.9 Å². The molecule has 1 unspecified atom stereocenters. The number of carbonyl (C=O) groups is 2. The summed E-state index contributed by atoms with van der Waals surface area (Å²) >= 11 is 0. The number of nitrogens with zero attached hydrogens (tertiary/aromatic N) is 1. The fourth-order valence-corrected chi connectivity index (χ4v) is 4.26. The summed E-state index contributed by atoms with van der Waals surface area (Å²) in [5.41, 5.74) is 0.177. The largest absolute Gasteiger partial charge is 0.507 e. The highest BCUT2D eigenvalue weighted by Crippen LogP contribution is 2.44. The number of aryl methyl sites for hydroxylation is 1. The average molecular weight is 495 g/mol. The summed E-state index contributed by atoms with van der Waals surface area (Å²) in [6.07, 6.45) is -4.78. The van der Waals surface area contributed by atoms with Gasteiger partial charge in [-0.1, -0.05) is 42.5 Å². The Labute approximate surface area is 206 Å². The van der Waals surface area contributed by atoms with Gasteiger partial charge in [0, 0.05) is 11.3 Å². The van der Waals surface area contributed by atoms with Gasteiger partial charge in [-0.05, 0) is 62.2 Å². The summed E-state index contributed by atoms with van der Waals surface area (Å²) in [6.45, 7) is 5.44. The Balaban J connectivity index is 1.94. The van der Waals surface area contributed by atoms with E-state index in [0.717, 1.165) is 17.0 Å². The molecule has 1 aliphatic rings. The average Bonchev–Trinajstić information content (AvgIpc) is 3.08. The molecule has 1 atom stereocenters. The Kier molecular flexibility index (Phi) is 6.63. The fourth-order valence-electron chi connectivity index (χ4n) is 4.26. The molecule has 36 heavy (non-hydrogen) atoms. The van der Waals surface area contributed by atoms with Gasteiger partial charge in [0.05, 0.1) is 23.3 Å². The molecule has 0 bridgehead atoms. The van der Waals surface area contributed by atoms with Crippen LogP contribution < -0.4 is 9.64 Å². The van der Waals surface area contributed by atoms with E-state index in [4.69, 9.17) is 4.74 Å². The lowest BCUT2D eigenvalue weighted by Gasteiger charge is -2.27. The molecule has 1 amide bonds. The van der Waals surface area contributed by atoms with E-state index in [2.05, 4.69) is 0 Å². The highest BCUT2D eigenvalue weighted by molar-refractivity contribution is 6.51. The second kappa shape index (κ2) is 9.53.